The fourth-order valence-electron chi connectivity index (χ4n) is 2.77. The van der Waals surface area contributed by atoms with Gasteiger partial charge < -0.3 is 9.80 Å². The van der Waals surface area contributed by atoms with Crippen molar-refractivity contribution in [2.45, 2.75) is 25.3 Å². The molecule has 2 aliphatic rings. The Labute approximate surface area is 117 Å². The average Bonchev–Trinajstić information content (AvgIpc) is 2.87. The predicted molar refractivity (Wildman–Crippen MR) is 80.0 cm³/mol. The van der Waals surface area contributed by atoms with Gasteiger partial charge in [0.15, 0.2) is 5.13 Å². The maximum atomic E-state index is 12.1. The lowest BCUT2D eigenvalue weighted by molar-refractivity contribution is 0.249. The van der Waals surface area contributed by atoms with Crippen molar-refractivity contribution in [3.8, 4) is 0 Å². The predicted octanol–water partition coefficient (Wildman–Crippen LogP) is 1.60. The molecule has 0 amide bonds. The Bertz CT molecular complexity index is 556. The molecule has 0 radical (unpaired) electrons. The number of hydrogen-bond acceptors (Lipinski definition) is 5. The van der Waals surface area contributed by atoms with Crippen LogP contribution in [0.2, 0.25) is 0 Å². The van der Waals surface area contributed by atoms with Gasteiger partial charge in [-0.05, 0) is 39.4 Å². The van der Waals surface area contributed by atoms with Gasteiger partial charge in [-0.15, -0.1) is 0 Å². The lowest BCUT2D eigenvalue weighted by Crippen LogP contribution is -2.42. The van der Waals surface area contributed by atoms with E-state index < -0.39 is 0 Å². The van der Waals surface area contributed by atoms with Crippen LogP contribution in [0.15, 0.2) is 10.9 Å². The average molecular weight is 277 g/mol. The Hall–Kier alpha value is -1.20. The molecule has 3 rings (SSSR count). The van der Waals surface area contributed by atoms with Crippen LogP contribution < -0.4 is 9.64 Å². The largest absolute Gasteiger partial charge is 0.348 e. The van der Waals surface area contributed by atoms with Gasteiger partial charge in [0.2, 0.25) is 4.74 Å². The van der Waals surface area contributed by atoms with Crippen LogP contribution in [-0.4, -0.2) is 43.1 Å². The summed E-state index contributed by atoms with van der Waals surface area (Å²) in [4.78, 5) is 21.3. The van der Waals surface area contributed by atoms with Crippen LogP contribution >= 0.6 is 11.3 Å². The molecule has 1 fully saturated rings. The first kappa shape index (κ1) is 12.8. The SMILES string of the molecule is CN(C)C1CCN(c2nc3c(c(=O)s2)CC=C3)CC1. The first-order valence-electron chi connectivity index (χ1n) is 6.77. The molecule has 1 aliphatic carbocycles. The van der Waals surface area contributed by atoms with Crippen molar-refractivity contribution in [1.82, 2.24) is 9.88 Å². The van der Waals surface area contributed by atoms with E-state index in [4.69, 9.17) is 0 Å². The monoisotopic (exact) mass is 277 g/mol. The number of fused-ring (bicyclic) bond motifs is 1. The quantitative estimate of drug-likeness (QED) is 0.823. The molecule has 4 nitrogen and oxygen atoms in total. The van der Waals surface area contributed by atoms with Crippen molar-refractivity contribution in [3.05, 3.63) is 26.9 Å². The van der Waals surface area contributed by atoms with E-state index >= 15 is 0 Å². The number of piperidine rings is 1. The molecule has 0 atom stereocenters. The van der Waals surface area contributed by atoms with Gasteiger partial charge in [-0.2, -0.15) is 0 Å². The third-order valence-corrected chi connectivity index (χ3v) is 4.98. The molecular formula is C14H19N3OS. The third-order valence-electron chi connectivity index (χ3n) is 4.02. The Morgan fingerprint density at radius 2 is 2.11 bits per heavy atom. The minimum Gasteiger partial charge on any atom is -0.348 e. The van der Waals surface area contributed by atoms with Gasteiger partial charge in [0.1, 0.15) is 0 Å². The molecule has 0 spiro atoms. The summed E-state index contributed by atoms with van der Waals surface area (Å²) in [7, 11) is 4.27. The van der Waals surface area contributed by atoms with Gasteiger partial charge >= 0.3 is 0 Å². The van der Waals surface area contributed by atoms with Crippen molar-refractivity contribution in [3.63, 3.8) is 0 Å². The summed E-state index contributed by atoms with van der Waals surface area (Å²) in [5, 5.41) is 0.896. The Morgan fingerprint density at radius 3 is 2.79 bits per heavy atom. The zero-order chi connectivity index (χ0) is 13.4. The highest BCUT2D eigenvalue weighted by Crippen LogP contribution is 2.25. The fourth-order valence-corrected chi connectivity index (χ4v) is 3.70. The zero-order valence-corrected chi connectivity index (χ0v) is 12.2. The standard InChI is InChI=1S/C14H19N3OS/c1-16(2)10-6-8-17(9-7-10)14-15-12-5-3-4-11(12)13(18)19-14/h3,5,10H,4,6-9H2,1-2H3. The summed E-state index contributed by atoms with van der Waals surface area (Å²) in [5.74, 6) is 0. The molecule has 0 aromatic carbocycles. The van der Waals surface area contributed by atoms with Crippen LogP contribution in [-0.2, 0) is 6.42 Å². The maximum absolute atomic E-state index is 12.1. The number of anilines is 1. The zero-order valence-electron chi connectivity index (χ0n) is 11.4. The Balaban J connectivity index is 1.79. The maximum Gasteiger partial charge on any atom is 0.241 e. The molecule has 19 heavy (non-hydrogen) atoms. The van der Waals surface area contributed by atoms with E-state index in [1.54, 1.807) is 0 Å². The lowest BCUT2D eigenvalue weighted by atomic mass is 10.0. The van der Waals surface area contributed by atoms with Gasteiger partial charge in [-0.1, -0.05) is 17.4 Å². The molecule has 0 N–H and O–H groups in total. The minimum absolute atomic E-state index is 0.180. The summed E-state index contributed by atoms with van der Waals surface area (Å²) in [6.45, 7) is 1.99. The van der Waals surface area contributed by atoms with Crippen LogP contribution in [0, 0.1) is 0 Å². The smallest absolute Gasteiger partial charge is 0.241 e. The fraction of sp³-hybridized carbons (Fsp3) is 0.571. The third kappa shape index (κ3) is 2.44. The highest BCUT2D eigenvalue weighted by Gasteiger charge is 2.23. The second-order valence-electron chi connectivity index (χ2n) is 5.44. The van der Waals surface area contributed by atoms with Crippen LogP contribution in [0.4, 0.5) is 5.13 Å². The molecule has 1 aromatic rings. The van der Waals surface area contributed by atoms with E-state index in [0.29, 0.717) is 6.04 Å². The summed E-state index contributed by atoms with van der Waals surface area (Å²) in [6, 6.07) is 0.655. The van der Waals surface area contributed by atoms with Gasteiger partial charge in [0.25, 0.3) is 0 Å². The second kappa shape index (κ2) is 5.06. The van der Waals surface area contributed by atoms with Crippen LogP contribution in [0.5, 0.6) is 0 Å². The van der Waals surface area contributed by atoms with Crippen molar-refractivity contribution < 1.29 is 0 Å². The molecule has 5 heteroatoms. The first-order chi connectivity index (χ1) is 9.15. The summed E-state index contributed by atoms with van der Waals surface area (Å²) in [5.41, 5.74) is 1.76. The van der Waals surface area contributed by atoms with E-state index in [0.717, 1.165) is 48.7 Å². The van der Waals surface area contributed by atoms with E-state index in [9.17, 15) is 4.79 Å². The molecule has 2 heterocycles. The topological polar surface area (TPSA) is 36.4 Å². The van der Waals surface area contributed by atoms with Gasteiger partial charge in [-0.25, -0.2) is 4.98 Å². The van der Waals surface area contributed by atoms with Crippen LogP contribution in [0.1, 0.15) is 24.1 Å². The van der Waals surface area contributed by atoms with Gasteiger partial charge in [0, 0.05) is 24.7 Å². The van der Waals surface area contributed by atoms with E-state index in [-0.39, 0.29) is 4.74 Å². The molecule has 102 valence electrons. The molecule has 0 bridgehead atoms. The molecule has 0 unspecified atom stereocenters. The second-order valence-corrected chi connectivity index (χ2v) is 6.38. The number of nitrogens with zero attached hydrogens (tertiary/aromatic N) is 3. The summed E-state index contributed by atoms with van der Waals surface area (Å²) in [6.07, 6.45) is 7.03. The highest BCUT2D eigenvalue weighted by molar-refractivity contribution is 7.13. The Kier molecular flexibility index (Phi) is 3.41. The van der Waals surface area contributed by atoms with Crippen molar-refractivity contribution in [2.24, 2.45) is 0 Å². The lowest BCUT2D eigenvalue weighted by Gasteiger charge is -2.35. The highest BCUT2D eigenvalue weighted by atomic mass is 32.1. The first-order valence-corrected chi connectivity index (χ1v) is 7.59. The number of aromatic nitrogens is 1. The minimum atomic E-state index is 0.180. The Morgan fingerprint density at radius 1 is 1.37 bits per heavy atom. The van der Waals surface area contributed by atoms with Crippen LogP contribution in [0.25, 0.3) is 6.08 Å². The number of allylic oxidation sites excluding steroid dienone is 1. The van der Waals surface area contributed by atoms with E-state index in [2.05, 4.69) is 28.9 Å². The molecule has 1 aliphatic heterocycles. The molecule has 1 saturated heterocycles. The van der Waals surface area contributed by atoms with Crippen molar-refractivity contribution in [1.29, 1.82) is 0 Å². The summed E-state index contributed by atoms with van der Waals surface area (Å²) < 4.78 is 0.180. The van der Waals surface area contributed by atoms with Gasteiger partial charge in [0.05, 0.1) is 5.69 Å². The van der Waals surface area contributed by atoms with Crippen LogP contribution in [0.3, 0.4) is 0 Å². The van der Waals surface area contributed by atoms with E-state index in [1.807, 2.05) is 12.2 Å². The summed E-state index contributed by atoms with van der Waals surface area (Å²) >= 11 is 1.30. The molecule has 0 saturated carbocycles. The van der Waals surface area contributed by atoms with Crippen molar-refractivity contribution in [2.75, 3.05) is 32.1 Å². The molecule has 1 aromatic heterocycles. The van der Waals surface area contributed by atoms with Crippen molar-refractivity contribution >= 4 is 22.5 Å². The van der Waals surface area contributed by atoms with E-state index in [1.165, 1.54) is 11.3 Å². The molecular weight excluding hydrogens is 258 g/mol. The number of hydrogen-bond donors (Lipinski definition) is 0. The normalized spacial score (nSPS) is 19.2. The van der Waals surface area contributed by atoms with Gasteiger partial charge in [-0.3, -0.25) is 4.79 Å². The number of rotatable bonds is 2.